The van der Waals surface area contributed by atoms with Gasteiger partial charge in [0.2, 0.25) is 0 Å². The van der Waals surface area contributed by atoms with Crippen LogP contribution in [0.2, 0.25) is 0 Å². The predicted molar refractivity (Wildman–Crippen MR) is 98.0 cm³/mol. The molecule has 0 bridgehead atoms. The number of halogens is 2. The summed E-state index contributed by atoms with van der Waals surface area (Å²) in [4.78, 5) is 18.9. The van der Waals surface area contributed by atoms with Crippen molar-refractivity contribution in [3.05, 3.63) is 59.7 Å². The van der Waals surface area contributed by atoms with Crippen LogP contribution in [0.4, 0.5) is 20.2 Å². The monoisotopic (exact) mass is 375 g/mol. The van der Waals surface area contributed by atoms with E-state index in [-0.39, 0.29) is 12.3 Å². The van der Waals surface area contributed by atoms with Gasteiger partial charge in [-0.05, 0) is 29.8 Å². The van der Waals surface area contributed by atoms with E-state index in [2.05, 4.69) is 15.4 Å². The van der Waals surface area contributed by atoms with Gasteiger partial charge in [-0.25, -0.2) is 8.78 Å². The minimum atomic E-state index is -1.03. The lowest BCUT2D eigenvalue weighted by Gasteiger charge is -2.28. The van der Waals surface area contributed by atoms with Crippen LogP contribution in [0.1, 0.15) is 5.56 Å². The second-order valence-corrected chi connectivity index (χ2v) is 5.88. The van der Waals surface area contributed by atoms with Crippen LogP contribution in [-0.2, 0) is 14.4 Å². The highest BCUT2D eigenvalue weighted by molar-refractivity contribution is 5.91. The molecule has 2 aromatic rings. The molecule has 0 saturated carbocycles. The smallest absolute Gasteiger partial charge is 0.265 e. The highest BCUT2D eigenvalue weighted by Gasteiger charge is 2.10. The maximum Gasteiger partial charge on any atom is 0.265 e. The van der Waals surface area contributed by atoms with Crippen LogP contribution in [0.25, 0.3) is 0 Å². The summed E-state index contributed by atoms with van der Waals surface area (Å²) in [6, 6.07) is 10.9. The molecule has 1 aliphatic heterocycles. The Kier molecular flexibility index (Phi) is 6.32. The third-order valence-corrected chi connectivity index (χ3v) is 3.94. The van der Waals surface area contributed by atoms with Crippen LogP contribution >= 0.6 is 0 Å². The van der Waals surface area contributed by atoms with Gasteiger partial charge in [-0.15, -0.1) is 0 Å². The molecule has 1 saturated heterocycles. The van der Waals surface area contributed by atoms with Gasteiger partial charge in [0.1, 0.15) is 0 Å². The zero-order valence-corrected chi connectivity index (χ0v) is 14.5. The lowest BCUT2D eigenvalue weighted by atomic mass is 10.2. The van der Waals surface area contributed by atoms with E-state index in [1.54, 1.807) is 0 Å². The number of rotatable bonds is 6. The third-order valence-electron chi connectivity index (χ3n) is 3.94. The summed E-state index contributed by atoms with van der Waals surface area (Å²) < 4.78 is 31.2. The number of carbonyl (C=O) groups is 1. The molecule has 6 nitrogen and oxygen atoms in total. The standard InChI is InChI=1S/C19H19F2N3O3/c20-17-6-3-15(11-18(17)21)23-19(25)13-27-22-12-14-1-4-16(5-2-14)24-7-9-26-10-8-24/h1-6,11-12H,7-10,13H2,(H,23,25). The molecule has 2 aromatic carbocycles. The van der Waals surface area contributed by atoms with Gasteiger partial charge < -0.3 is 19.8 Å². The fraction of sp³-hybridized carbons (Fsp3) is 0.263. The minimum absolute atomic E-state index is 0.144. The first-order valence-corrected chi connectivity index (χ1v) is 8.45. The fourth-order valence-electron chi connectivity index (χ4n) is 2.56. The third kappa shape index (κ3) is 5.49. The lowest BCUT2D eigenvalue weighted by molar-refractivity contribution is -0.120. The molecule has 1 fully saturated rings. The first-order valence-electron chi connectivity index (χ1n) is 8.45. The Morgan fingerprint density at radius 3 is 2.59 bits per heavy atom. The van der Waals surface area contributed by atoms with Crippen molar-refractivity contribution < 1.29 is 23.1 Å². The van der Waals surface area contributed by atoms with E-state index in [4.69, 9.17) is 9.57 Å². The number of ether oxygens (including phenoxy) is 1. The van der Waals surface area contributed by atoms with E-state index < -0.39 is 17.5 Å². The van der Waals surface area contributed by atoms with Crippen molar-refractivity contribution in [1.82, 2.24) is 0 Å². The van der Waals surface area contributed by atoms with Gasteiger partial charge in [0.15, 0.2) is 18.2 Å². The molecule has 0 radical (unpaired) electrons. The molecule has 27 heavy (non-hydrogen) atoms. The quantitative estimate of drug-likeness (QED) is 0.623. The number of oxime groups is 1. The van der Waals surface area contributed by atoms with Crippen molar-refractivity contribution in [2.45, 2.75) is 0 Å². The van der Waals surface area contributed by atoms with Crippen LogP contribution in [0, 0.1) is 11.6 Å². The Balaban J connectivity index is 1.44. The van der Waals surface area contributed by atoms with Gasteiger partial charge >= 0.3 is 0 Å². The van der Waals surface area contributed by atoms with E-state index in [9.17, 15) is 13.6 Å². The molecule has 8 heteroatoms. The van der Waals surface area contributed by atoms with Crippen LogP contribution in [-0.4, -0.2) is 45.0 Å². The molecule has 142 valence electrons. The van der Waals surface area contributed by atoms with Crippen LogP contribution < -0.4 is 10.2 Å². The molecule has 1 N–H and O–H groups in total. The summed E-state index contributed by atoms with van der Waals surface area (Å²) in [5.41, 5.74) is 2.08. The molecule has 0 aromatic heterocycles. The maximum absolute atomic E-state index is 13.1. The summed E-state index contributed by atoms with van der Waals surface area (Å²) in [6.45, 7) is 2.84. The van der Waals surface area contributed by atoms with Crippen LogP contribution in [0.3, 0.4) is 0 Å². The Morgan fingerprint density at radius 1 is 1.15 bits per heavy atom. The van der Waals surface area contributed by atoms with E-state index in [0.717, 1.165) is 49.7 Å². The largest absolute Gasteiger partial charge is 0.386 e. The number of nitrogens with zero attached hydrogens (tertiary/aromatic N) is 2. The van der Waals surface area contributed by atoms with Crippen molar-refractivity contribution in [2.75, 3.05) is 43.1 Å². The number of hydrogen-bond donors (Lipinski definition) is 1. The second-order valence-electron chi connectivity index (χ2n) is 5.88. The van der Waals surface area contributed by atoms with Crippen molar-refractivity contribution in [3.63, 3.8) is 0 Å². The molecule has 0 atom stereocenters. The topological polar surface area (TPSA) is 63.2 Å². The highest BCUT2D eigenvalue weighted by atomic mass is 19.2. The van der Waals surface area contributed by atoms with Gasteiger partial charge in [-0.2, -0.15) is 0 Å². The van der Waals surface area contributed by atoms with Crippen molar-refractivity contribution in [3.8, 4) is 0 Å². The zero-order chi connectivity index (χ0) is 19.1. The van der Waals surface area contributed by atoms with Crippen molar-refractivity contribution in [1.29, 1.82) is 0 Å². The summed E-state index contributed by atoms with van der Waals surface area (Å²) in [5.74, 6) is -2.54. The van der Waals surface area contributed by atoms with Gasteiger partial charge in [-0.3, -0.25) is 4.79 Å². The van der Waals surface area contributed by atoms with Gasteiger partial charge in [-0.1, -0.05) is 17.3 Å². The molecular weight excluding hydrogens is 356 g/mol. The normalized spacial score (nSPS) is 14.4. The molecule has 3 rings (SSSR count). The van der Waals surface area contributed by atoms with Crippen LogP contribution in [0.5, 0.6) is 0 Å². The Bertz CT molecular complexity index is 806. The average molecular weight is 375 g/mol. The van der Waals surface area contributed by atoms with Crippen LogP contribution in [0.15, 0.2) is 47.6 Å². The molecule has 0 aliphatic carbocycles. The maximum atomic E-state index is 13.1. The Hall–Kier alpha value is -3.00. The first kappa shape index (κ1) is 18.8. The molecule has 0 spiro atoms. The summed E-state index contributed by atoms with van der Waals surface area (Å²) >= 11 is 0. The average Bonchev–Trinajstić information content (AvgIpc) is 2.69. The predicted octanol–water partition coefficient (Wildman–Crippen LogP) is 2.79. The number of anilines is 2. The molecule has 1 aliphatic rings. The summed E-state index contributed by atoms with van der Waals surface area (Å²) in [7, 11) is 0. The van der Waals surface area contributed by atoms with Crippen molar-refractivity contribution >= 4 is 23.5 Å². The number of carbonyl (C=O) groups excluding carboxylic acids is 1. The second kappa shape index (κ2) is 9.09. The summed E-state index contributed by atoms with van der Waals surface area (Å²) in [5, 5.41) is 6.14. The number of morpholine rings is 1. The Morgan fingerprint density at radius 2 is 1.89 bits per heavy atom. The summed E-state index contributed by atoms with van der Waals surface area (Å²) in [6.07, 6.45) is 1.49. The highest BCUT2D eigenvalue weighted by Crippen LogP contribution is 2.16. The zero-order valence-electron chi connectivity index (χ0n) is 14.5. The number of hydrogen-bond acceptors (Lipinski definition) is 5. The Labute approximate surface area is 155 Å². The molecular formula is C19H19F2N3O3. The molecule has 1 heterocycles. The van der Waals surface area contributed by atoms with Crippen molar-refractivity contribution in [2.24, 2.45) is 5.16 Å². The first-order chi connectivity index (χ1) is 13.1. The number of amides is 1. The minimum Gasteiger partial charge on any atom is -0.386 e. The molecule has 0 unspecified atom stereocenters. The van der Waals surface area contributed by atoms with E-state index in [1.165, 1.54) is 12.3 Å². The van der Waals surface area contributed by atoms with Gasteiger partial charge in [0.05, 0.1) is 19.4 Å². The number of benzene rings is 2. The van der Waals surface area contributed by atoms with Gasteiger partial charge in [0, 0.05) is 30.5 Å². The SMILES string of the molecule is O=C(CON=Cc1ccc(N2CCOCC2)cc1)Nc1ccc(F)c(F)c1. The van der Waals surface area contributed by atoms with Gasteiger partial charge in [0.25, 0.3) is 5.91 Å². The van der Waals surface area contributed by atoms with E-state index in [0.29, 0.717) is 0 Å². The lowest BCUT2D eigenvalue weighted by Crippen LogP contribution is -2.36. The van der Waals surface area contributed by atoms with E-state index >= 15 is 0 Å². The number of nitrogens with one attached hydrogen (secondary N) is 1. The fourth-order valence-corrected chi connectivity index (χ4v) is 2.56. The van der Waals surface area contributed by atoms with E-state index in [1.807, 2.05) is 24.3 Å². The molecule has 1 amide bonds.